The fourth-order valence-electron chi connectivity index (χ4n) is 3.27. The van der Waals surface area contributed by atoms with Crippen LogP contribution in [0.15, 0.2) is 67.0 Å². The van der Waals surface area contributed by atoms with Crippen LogP contribution in [0.3, 0.4) is 0 Å². The monoisotopic (exact) mass is 375 g/mol. The molecule has 4 nitrogen and oxygen atoms in total. The van der Waals surface area contributed by atoms with Gasteiger partial charge in [0.1, 0.15) is 18.2 Å². The lowest BCUT2D eigenvalue weighted by Crippen LogP contribution is -2.20. The van der Waals surface area contributed by atoms with Crippen molar-refractivity contribution in [1.29, 1.82) is 0 Å². The topological polar surface area (TPSA) is 49.9 Å². The van der Waals surface area contributed by atoms with Crippen molar-refractivity contribution in [1.82, 2.24) is 15.3 Å². The molecule has 4 rings (SSSR count). The number of rotatable bonds is 7. The number of H-pyrrole nitrogens is 1. The number of hydrogen-bond acceptors (Lipinski definition) is 3. The van der Waals surface area contributed by atoms with Crippen LogP contribution in [0.1, 0.15) is 11.3 Å². The number of aromatic nitrogens is 2. The lowest BCUT2D eigenvalue weighted by atomic mass is 10.1. The molecule has 0 amide bonds. The maximum absolute atomic E-state index is 13.4. The smallest absolute Gasteiger partial charge is 0.128 e. The van der Waals surface area contributed by atoms with Crippen LogP contribution in [0.25, 0.3) is 22.0 Å². The molecule has 0 aliphatic carbocycles. The van der Waals surface area contributed by atoms with Gasteiger partial charge in [0, 0.05) is 47.6 Å². The van der Waals surface area contributed by atoms with Gasteiger partial charge in [-0.15, -0.1) is 0 Å². The largest absolute Gasteiger partial charge is 0.492 e. The van der Waals surface area contributed by atoms with E-state index >= 15 is 0 Å². The molecular formula is C23H22FN3O. The van der Waals surface area contributed by atoms with E-state index in [0.717, 1.165) is 39.0 Å². The summed E-state index contributed by atoms with van der Waals surface area (Å²) in [7, 11) is 0. The average molecular weight is 375 g/mol. The van der Waals surface area contributed by atoms with E-state index in [1.807, 2.05) is 43.5 Å². The zero-order valence-electron chi connectivity index (χ0n) is 15.7. The highest BCUT2D eigenvalue weighted by Gasteiger charge is 2.05. The highest BCUT2D eigenvalue weighted by molar-refractivity contribution is 5.86. The summed E-state index contributed by atoms with van der Waals surface area (Å²) in [5.74, 6) is 0.643. The molecule has 0 unspecified atom stereocenters. The molecule has 28 heavy (non-hydrogen) atoms. The number of pyridine rings is 1. The molecule has 0 saturated heterocycles. The maximum Gasteiger partial charge on any atom is 0.128 e. The summed E-state index contributed by atoms with van der Waals surface area (Å²) in [5, 5.41) is 4.47. The Morgan fingerprint density at radius 2 is 1.93 bits per heavy atom. The molecule has 2 heterocycles. The molecule has 0 aliphatic heterocycles. The van der Waals surface area contributed by atoms with E-state index in [-0.39, 0.29) is 5.82 Å². The minimum Gasteiger partial charge on any atom is -0.492 e. The van der Waals surface area contributed by atoms with Gasteiger partial charge in [0.05, 0.1) is 0 Å². The van der Waals surface area contributed by atoms with Crippen LogP contribution in [0.5, 0.6) is 5.75 Å². The van der Waals surface area contributed by atoms with Crippen molar-refractivity contribution in [2.45, 2.75) is 13.5 Å². The van der Waals surface area contributed by atoms with Gasteiger partial charge < -0.3 is 15.0 Å². The van der Waals surface area contributed by atoms with Crippen LogP contribution in [0.2, 0.25) is 0 Å². The van der Waals surface area contributed by atoms with E-state index in [2.05, 4.69) is 21.4 Å². The van der Waals surface area contributed by atoms with Crippen LogP contribution < -0.4 is 10.1 Å². The molecular weight excluding hydrogens is 353 g/mol. The number of ether oxygens (including phenoxy) is 1. The zero-order chi connectivity index (χ0) is 19.3. The molecule has 0 saturated carbocycles. The van der Waals surface area contributed by atoms with E-state index < -0.39 is 0 Å². The molecule has 2 N–H and O–H groups in total. The Balaban J connectivity index is 1.31. The molecule has 0 fully saturated rings. The van der Waals surface area contributed by atoms with Gasteiger partial charge in [0.2, 0.25) is 0 Å². The van der Waals surface area contributed by atoms with Gasteiger partial charge in [-0.2, -0.15) is 0 Å². The van der Waals surface area contributed by atoms with Crippen molar-refractivity contribution in [3.05, 3.63) is 84.1 Å². The van der Waals surface area contributed by atoms with E-state index in [4.69, 9.17) is 4.74 Å². The van der Waals surface area contributed by atoms with Crippen molar-refractivity contribution < 1.29 is 9.13 Å². The van der Waals surface area contributed by atoms with Crippen molar-refractivity contribution in [2.24, 2.45) is 0 Å². The predicted octanol–water partition coefficient (Wildman–Crippen LogP) is 4.85. The third-order valence-corrected chi connectivity index (χ3v) is 4.58. The van der Waals surface area contributed by atoms with Crippen molar-refractivity contribution >= 4 is 10.9 Å². The first kappa shape index (κ1) is 18.2. The Morgan fingerprint density at radius 3 is 2.82 bits per heavy atom. The van der Waals surface area contributed by atoms with Crippen LogP contribution in [0, 0.1) is 12.7 Å². The number of nitrogens with zero attached hydrogens (tertiary/aromatic N) is 1. The van der Waals surface area contributed by atoms with Crippen LogP contribution in [-0.4, -0.2) is 23.1 Å². The lowest BCUT2D eigenvalue weighted by molar-refractivity contribution is 0.317. The highest BCUT2D eigenvalue weighted by atomic mass is 19.1. The quantitative estimate of drug-likeness (QED) is 0.454. The summed E-state index contributed by atoms with van der Waals surface area (Å²) in [4.78, 5) is 7.59. The van der Waals surface area contributed by atoms with Crippen LogP contribution >= 0.6 is 0 Å². The first-order valence-corrected chi connectivity index (χ1v) is 9.31. The number of hydrogen-bond donors (Lipinski definition) is 2. The van der Waals surface area contributed by atoms with Gasteiger partial charge in [-0.3, -0.25) is 4.98 Å². The third kappa shape index (κ3) is 4.21. The lowest BCUT2D eigenvalue weighted by Gasteiger charge is -2.09. The minimum absolute atomic E-state index is 0.245. The second-order valence-electron chi connectivity index (χ2n) is 6.79. The highest BCUT2D eigenvalue weighted by Crippen LogP contribution is 2.26. The average Bonchev–Trinajstić information content (AvgIpc) is 3.09. The Labute approximate surface area is 163 Å². The molecule has 2 aromatic carbocycles. The minimum atomic E-state index is -0.245. The number of nitrogens with one attached hydrogen (secondary N) is 2. The van der Waals surface area contributed by atoms with Gasteiger partial charge in [-0.1, -0.05) is 18.2 Å². The summed E-state index contributed by atoms with van der Waals surface area (Å²) in [6.07, 6.45) is 3.57. The Hall–Kier alpha value is -3.18. The number of aryl methyl sites for hydroxylation is 1. The standard InChI is InChI=1S/C23H22FN3O/c1-16-10-21-22(27-16)6-3-7-23(21)28-9-8-25-13-17-11-19(15-26-14-17)18-4-2-5-20(24)12-18/h2-7,10-12,14-15,25,27H,8-9,13H2,1H3. The summed E-state index contributed by atoms with van der Waals surface area (Å²) in [6.45, 7) is 3.99. The first-order valence-electron chi connectivity index (χ1n) is 9.31. The molecule has 4 aromatic rings. The number of aromatic amines is 1. The Morgan fingerprint density at radius 1 is 1.04 bits per heavy atom. The zero-order valence-corrected chi connectivity index (χ0v) is 15.7. The number of benzene rings is 2. The second-order valence-corrected chi connectivity index (χ2v) is 6.79. The fourth-order valence-corrected chi connectivity index (χ4v) is 3.27. The van der Waals surface area contributed by atoms with Crippen molar-refractivity contribution in [3.8, 4) is 16.9 Å². The van der Waals surface area contributed by atoms with E-state index in [0.29, 0.717) is 19.7 Å². The van der Waals surface area contributed by atoms with Gasteiger partial charge in [0.25, 0.3) is 0 Å². The maximum atomic E-state index is 13.4. The molecule has 0 bridgehead atoms. The molecule has 0 aliphatic rings. The first-order chi connectivity index (χ1) is 13.7. The summed E-state index contributed by atoms with van der Waals surface area (Å²) >= 11 is 0. The molecule has 5 heteroatoms. The van der Waals surface area contributed by atoms with E-state index in [1.54, 1.807) is 12.3 Å². The van der Waals surface area contributed by atoms with Crippen LogP contribution in [0.4, 0.5) is 4.39 Å². The molecule has 0 radical (unpaired) electrons. The van der Waals surface area contributed by atoms with Gasteiger partial charge in [-0.25, -0.2) is 4.39 Å². The Bertz CT molecular complexity index is 1090. The summed E-state index contributed by atoms with van der Waals surface area (Å²) < 4.78 is 19.4. The normalized spacial score (nSPS) is 11.1. The number of fused-ring (bicyclic) bond motifs is 1. The summed E-state index contributed by atoms with van der Waals surface area (Å²) in [6, 6.07) is 16.7. The molecule has 0 spiro atoms. The van der Waals surface area contributed by atoms with Gasteiger partial charge in [-0.05, 0) is 54.4 Å². The fraction of sp³-hybridized carbons (Fsp3) is 0.174. The second kappa shape index (κ2) is 8.23. The van der Waals surface area contributed by atoms with Crippen molar-refractivity contribution in [2.75, 3.05) is 13.2 Å². The van der Waals surface area contributed by atoms with Gasteiger partial charge in [0.15, 0.2) is 0 Å². The summed E-state index contributed by atoms with van der Waals surface area (Å²) in [5.41, 5.74) is 4.99. The predicted molar refractivity (Wildman–Crippen MR) is 110 cm³/mol. The SMILES string of the molecule is Cc1cc2c(OCCNCc3cncc(-c4cccc(F)c4)c3)cccc2[nH]1. The molecule has 0 atom stereocenters. The van der Waals surface area contributed by atoms with E-state index in [9.17, 15) is 4.39 Å². The number of halogens is 1. The van der Waals surface area contributed by atoms with Crippen molar-refractivity contribution in [3.63, 3.8) is 0 Å². The molecule has 142 valence electrons. The van der Waals surface area contributed by atoms with Crippen LogP contribution in [-0.2, 0) is 6.54 Å². The Kier molecular flexibility index (Phi) is 5.35. The van der Waals surface area contributed by atoms with Gasteiger partial charge >= 0.3 is 0 Å². The molecule has 2 aromatic heterocycles. The third-order valence-electron chi connectivity index (χ3n) is 4.58. The van der Waals surface area contributed by atoms with E-state index in [1.165, 1.54) is 12.1 Å².